The van der Waals surface area contributed by atoms with Crippen molar-refractivity contribution in [3.8, 4) is 0 Å². The topological polar surface area (TPSA) is 17.1 Å². The SMILES string of the molecule is O=C1c2ccccc2CCC1Cc1ccccc1F. The maximum Gasteiger partial charge on any atom is 0.166 e. The second-order valence-electron chi connectivity index (χ2n) is 5.05. The van der Waals surface area contributed by atoms with Crippen LogP contribution in [-0.4, -0.2) is 5.78 Å². The molecule has 2 aromatic rings. The van der Waals surface area contributed by atoms with Crippen LogP contribution in [0.3, 0.4) is 0 Å². The largest absolute Gasteiger partial charge is 0.294 e. The number of hydrogen-bond donors (Lipinski definition) is 0. The Morgan fingerprint density at radius 3 is 2.63 bits per heavy atom. The minimum absolute atomic E-state index is 0.0909. The van der Waals surface area contributed by atoms with Gasteiger partial charge >= 0.3 is 0 Å². The summed E-state index contributed by atoms with van der Waals surface area (Å²) in [6, 6.07) is 14.5. The zero-order chi connectivity index (χ0) is 13.2. The molecule has 0 bridgehead atoms. The van der Waals surface area contributed by atoms with Gasteiger partial charge in [-0.1, -0.05) is 42.5 Å². The van der Waals surface area contributed by atoms with Crippen LogP contribution < -0.4 is 0 Å². The van der Waals surface area contributed by atoms with Crippen LogP contribution in [0.5, 0.6) is 0 Å². The van der Waals surface area contributed by atoms with E-state index in [2.05, 4.69) is 0 Å². The van der Waals surface area contributed by atoms with E-state index in [9.17, 15) is 9.18 Å². The summed E-state index contributed by atoms with van der Waals surface area (Å²) in [6.45, 7) is 0. The highest BCUT2D eigenvalue weighted by atomic mass is 19.1. The van der Waals surface area contributed by atoms with E-state index in [-0.39, 0.29) is 17.5 Å². The maximum atomic E-state index is 13.7. The van der Waals surface area contributed by atoms with E-state index in [1.807, 2.05) is 30.3 Å². The van der Waals surface area contributed by atoms with Gasteiger partial charge in [0.05, 0.1) is 0 Å². The van der Waals surface area contributed by atoms with Crippen LogP contribution >= 0.6 is 0 Å². The first-order valence-corrected chi connectivity index (χ1v) is 6.61. The molecule has 1 nitrogen and oxygen atoms in total. The fraction of sp³-hybridized carbons (Fsp3) is 0.235. The van der Waals surface area contributed by atoms with E-state index in [4.69, 9.17) is 0 Å². The molecule has 0 amide bonds. The van der Waals surface area contributed by atoms with Crippen LogP contribution in [0.2, 0.25) is 0 Å². The molecule has 0 aromatic heterocycles. The lowest BCUT2D eigenvalue weighted by atomic mass is 9.80. The molecule has 0 radical (unpaired) electrons. The lowest BCUT2D eigenvalue weighted by Crippen LogP contribution is -2.24. The van der Waals surface area contributed by atoms with Crippen LogP contribution in [-0.2, 0) is 12.8 Å². The number of hydrogen-bond acceptors (Lipinski definition) is 1. The number of fused-ring (bicyclic) bond motifs is 1. The van der Waals surface area contributed by atoms with Crippen molar-refractivity contribution in [3.05, 3.63) is 71.0 Å². The molecule has 1 atom stereocenters. The molecule has 3 rings (SSSR count). The van der Waals surface area contributed by atoms with Crippen molar-refractivity contribution in [1.29, 1.82) is 0 Å². The fourth-order valence-corrected chi connectivity index (χ4v) is 2.78. The lowest BCUT2D eigenvalue weighted by molar-refractivity contribution is 0.0901. The fourth-order valence-electron chi connectivity index (χ4n) is 2.78. The van der Waals surface area contributed by atoms with Crippen molar-refractivity contribution >= 4 is 5.78 Å². The van der Waals surface area contributed by atoms with Gasteiger partial charge in [0.15, 0.2) is 5.78 Å². The van der Waals surface area contributed by atoms with Crippen LogP contribution in [0.15, 0.2) is 48.5 Å². The summed E-state index contributed by atoms with van der Waals surface area (Å²) in [4.78, 5) is 12.4. The highest BCUT2D eigenvalue weighted by Crippen LogP contribution is 2.28. The Kier molecular flexibility index (Phi) is 3.16. The first-order valence-electron chi connectivity index (χ1n) is 6.61. The van der Waals surface area contributed by atoms with Crippen molar-refractivity contribution < 1.29 is 9.18 Å². The summed E-state index contributed by atoms with van der Waals surface area (Å²) >= 11 is 0. The summed E-state index contributed by atoms with van der Waals surface area (Å²) in [6.07, 6.45) is 2.21. The number of benzene rings is 2. The van der Waals surface area contributed by atoms with Gasteiger partial charge in [-0.2, -0.15) is 0 Å². The predicted molar refractivity (Wildman–Crippen MR) is 72.7 cm³/mol. The molecule has 0 heterocycles. The van der Waals surface area contributed by atoms with Gasteiger partial charge in [-0.25, -0.2) is 4.39 Å². The molecular weight excluding hydrogens is 239 g/mol. The van der Waals surface area contributed by atoms with Gasteiger partial charge in [0.25, 0.3) is 0 Å². The molecule has 0 saturated heterocycles. The third-order valence-corrected chi connectivity index (χ3v) is 3.84. The smallest absolute Gasteiger partial charge is 0.166 e. The molecule has 0 spiro atoms. The Balaban J connectivity index is 1.85. The van der Waals surface area contributed by atoms with Crippen molar-refractivity contribution in [1.82, 2.24) is 0 Å². The zero-order valence-corrected chi connectivity index (χ0v) is 10.6. The summed E-state index contributed by atoms with van der Waals surface area (Å²) in [5.74, 6) is -0.147. The minimum Gasteiger partial charge on any atom is -0.294 e. The second-order valence-corrected chi connectivity index (χ2v) is 5.05. The van der Waals surface area contributed by atoms with E-state index in [0.29, 0.717) is 12.0 Å². The van der Waals surface area contributed by atoms with E-state index in [1.54, 1.807) is 12.1 Å². The van der Waals surface area contributed by atoms with E-state index in [1.165, 1.54) is 6.07 Å². The van der Waals surface area contributed by atoms with Gasteiger partial charge in [0.1, 0.15) is 5.82 Å². The van der Waals surface area contributed by atoms with Gasteiger partial charge in [0, 0.05) is 11.5 Å². The number of aryl methyl sites for hydroxylation is 1. The average molecular weight is 254 g/mol. The molecule has 0 N–H and O–H groups in total. The molecule has 1 aliphatic rings. The number of Topliss-reactive ketones (excluding diaryl/α,β-unsaturated/α-hetero) is 1. The molecule has 1 unspecified atom stereocenters. The molecule has 0 fully saturated rings. The number of carbonyl (C=O) groups is 1. The maximum absolute atomic E-state index is 13.7. The van der Waals surface area contributed by atoms with E-state index in [0.717, 1.165) is 24.0 Å². The molecule has 2 heteroatoms. The number of rotatable bonds is 2. The van der Waals surface area contributed by atoms with Crippen LogP contribution in [0.25, 0.3) is 0 Å². The Hall–Kier alpha value is -1.96. The standard InChI is InChI=1S/C17H15FO/c18-16-8-4-2-6-13(16)11-14-10-9-12-5-1-3-7-15(12)17(14)19/h1-8,14H,9-11H2. The third-order valence-electron chi connectivity index (χ3n) is 3.84. The van der Waals surface area contributed by atoms with Crippen molar-refractivity contribution in [2.75, 3.05) is 0 Å². The Labute approximate surface area is 112 Å². The first kappa shape index (κ1) is 12.1. The monoisotopic (exact) mass is 254 g/mol. The van der Waals surface area contributed by atoms with E-state index >= 15 is 0 Å². The third kappa shape index (κ3) is 2.30. The molecule has 0 saturated carbocycles. The molecule has 19 heavy (non-hydrogen) atoms. The zero-order valence-electron chi connectivity index (χ0n) is 10.6. The van der Waals surface area contributed by atoms with E-state index < -0.39 is 0 Å². The van der Waals surface area contributed by atoms with Gasteiger partial charge in [0.2, 0.25) is 0 Å². The average Bonchev–Trinajstić information content (AvgIpc) is 2.44. The van der Waals surface area contributed by atoms with Gasteiger partial charge in [-0.05, 0) is 36.5 Å². The number of halogens is 1. The van der Waals surface area contributed by atoms with Gasteiger partial charge in [-0.3, -0.25) is 4.79 Å². The normalized spacial score (nSPS) is 18.2. The summed E-state index contributed by atoms with van der Waals surface area (Å²) < 4.78 is 13.7. The highest BCUT2D eigenvalue weighted by Gasteiger charge is 2.27. The number of carbonyl (C=O) groups excluding carboxylic acids is 1. The van der Waals surface area contributed by atoms with Crippen molar-refractivity contribution in [2.24, 2.45) is 5.92 Å². The number of ketones is 1. The van der Waals surface area contributed by atoms with Crippen LogP contribution in [0.4, 0.5) is 4.39 Å². The Bertz CT molecular complexity index is 618. The quantitative estimate of drug-likeness (QED) is 0.796. The molecule has 2 aromatic carbocycles. The van der Waals surface area contributed by atoms with Gasteiger partial charge in [-0.15, -0.1) is 0 Å². The predicted octanol–water partition coefficient (Wildman–Crippen LogP) is 3.81. The molecule has 0 aliphatic heterocycles. The Morgan fingerprint density at radius 1 is 1.05 bits per heavy atom. The minimum atomic E-state index is -0.214. The Morgan fingerprint density at radius 2 is 1.79 bits per heavy atom. The summed E-state index contributed by atoms with van der Waals surface area (Å²) in [5.41, 5.74) is 2.58. The molecule has 1 aliphatic carbocycles. The van der Waals surface area contributed by atoms with Gasteiger partial charge < -0.3 is 0 Å². The molecule has 96 valence electrons. The lowest BCUT2D eigenvalue weighted by Gasteiger charge is -2.23. The second kappa shape index (κ2) is 4.96. The highest BCUT2D eigenvalue weighted by molar-refractivity contribution is 6.00. The van der Waals surface area contributed by atoms with Crippen molar-refractivity contribution in [2.45, 2.75) is 19.3 Å². The van der Waals surface area contributed by atoms with Crippen LogP contribution in [0.1, 0.15) is 27.9 Å². The first-order chi connectivity index (χ1) is 9.25. The van der Waals surface area contributed by atoms with Crippen molar-refractivity contribution in [3.63, 3.8) is 0 Å². The summed E-state index contributed by atoms with van der Waals surface area (Å²) in [7, 11) is 0. The van der Waals surface area contributed by atoms with Crippen LogP contribution in [0, 0.1) is 11.7 Å². The summed E-state index contributed by atoms with van der Waals surface area (Å²) in [5, 5.41) is 0. The molecular formula is C17H15FO.